The van der Waals surface area contributed by atoms with Gasteiger partial charge in [-0.05, 0) is 44.7 Å². The molecule has 5 heteroatoms. The fourth-order valence-electron chi connectivity index (χ4n) is 3.33. The van der Waals surface area contributed by atoms with Crippen molar-refractivity contribution in [2.75, 3.05) is 32.8 Å². The van der Waals surface area contributed by atoms with Crippen LogP contribution in [0.3, 0.4) is 0 Å². The van der Waals surface area contributed by atoms with Gasteiger partial charge in [-0.1, -0.05) is 19.0 Å². The first-order valence-electron chi connectivity index (χ1n) is 8.36. The molecule has 2 aliphatic rings. The number of rotatable bonds is 4. The Morgan fingerprint density at radius 2 is 2.05 bits per heavy atom. The van der Waals surface area contributed by atoms with Gasteiger partial charge >= 0.3 is 0 Å². The zero-order valence-electron chi connectivity index (χ0n) is 13.3. The Morgan fingerprint density at radius 1 is 1.24 bits per heavy atom. The fourth-order valence-corrected chi connectivity index (χ4v) is 3.33. The Kier molecular flexibility index (Phi) is 4.91. The molecule has 0 aromatic carbocycles. The molecule has 0 radical (unpaired) electrons. The summed E-state index contributed by atoms with van der Waals surface area (Å²) in [5.74, 6) is 3.20. The van der Waals surface area contributed by atoms with E-state index in [4.69, 9.17) is 9.26 Å². The van der Waals surface area contributed by atoms with Crippen LogP contribution in [0.25, 0.3) is 0 Å². The average Bonchev–Trinajstić information content (AvgIpc) is 2.99. The standard InChI is InChI=1S/C16H27N3O2/c1-12(2)15-17-16(21-18-15)14-5-7-19(8-6-14)10-13-4-3-9-20-11-13/h12-14H,3-11H2,1-2H3. The Bertz CT molecular complexity index is 432. The van der Waals surface area contributed by atoms with Crippen LogP contribution in [0.5, 0.6) is 0 Å². The lowest BCUT2D eigenvalue weighted by molar-refractivity contribution is 0.0340. The van der Waals surface area contributed by atoms with Crippen LogP contribution in [-0.4, -0.2) is 47.9 Å². The first-order chi connectivity index (χ1) is 10.2. The van der Waals surface area contributed by atoms with Crippen LogP contribution in [0.4, 0.5) is 0 Å². The molecule has 2 fully saturated rings. The van der Waals surface area contributed by atoms with Gasteiger partial charge in [0.05, 0.1) is 6.61 Å². The lowest BCUT2D eigenvalue weighted by Crippen LogP contribution is -2.38. The molecule has 0 aliphatic carbocycles. The molecule has 1 aromatic rings. The molecule has 21 heavy (non-hydrogen) atoms. The summed E-state index contributed by atoms with van der Waals surface area (Å²) in [6.45, 7) is 9.57. The van der Waals surface area contributed by atoms with Gasteiger partial charge in [0.2, 0.25) is 5.89 Å². The molecule has 2 saturated heterocycles. The van der Waals surface area contributed by atoms with Gasteiger partial charge in [-0.25, -0.2) is 0 Å². The molecule has 1 unspecified atom stereocenters. The Labute approximate surface area is 127 Å². The van der Waals surface area contributed by atoms with Crippen LogP contribution in [-0.2, 0) is 4.74 Å². The summed E-state index contributed by atoms with van der Waals surface area (Å²) in [5, 5.41) is 4.09. The largest absolute Gasteiger partial charge is 0.381 e. The van der Waals surface area contributed by atoms with Gasteiger partial charge in [0.15, 0.2) is 5.82 Å². The van der Waals surface area contributed by atoms with Gasteiger partial charge < -0.3 is 14.2 Å². The number of aromatic nitrogens is 2. The highest BCUT2D eigenvalue weighted by Gasteiger charge is 2.27. The number of hydrogen-bond donors (Lipinski definition) is 0. The molecule has 0 saturated carbocycles. The second-order valence-corrected chi connectivity index (χ2v) is 6.80. The maximum Gasteiger partial charge on any atom is 0.229 e. The lowest BCUT2D eigenvalue weighted by Gasteiger charge is -2.34. The van der Waals surface area contributed by atoms with Crippen molar-refractivity contribution in [3.8, 4) is 0 Å². The third-order valence-electron chi connectivity index (χ3n) is 4.68. The zero-order chi connectivity index (χ0) is 14.7. The van der Waals surface area contributed by atoms with Crippen LogP contribution in [0.1, 0.15) is 63.1 Å². The summed E-state index contributed by atoms with van der Waals surface area (Å²) in [4.78, 5) is 7.14. The van der Waals surface area contributed by atoms with Gasteiger partial charge in [-0.3, -0.25) is 0 Å². The van der Waals surface area contributed by atoms with Crippen molar-refractivity contribution in [2.45, 2.75) is 51.4 Å². The number of hydrogen-bond acceptors (Lipinski definition) is 5. The Balaban J connectivity index is 1.47. The Hall–Kier alpha value is -0.940. The van der Waals surface area contributed by atoms with E-state index in [2.05, 4.69) is 28.9 Å². The maximum absolute atomic E-state index is 5.58. The minimum Gasteiger partial charge on any atom is -0.381 e. The van der Waals surface area contributed by atoms with Gasteiger partial charge in [-0.2, -0.15) is 4.98 Å². The first kappa shape index (κ1) is 15.0. The van der Waals surface area contributed by atoms with Gasteiger partial charge in [0.1, 0.15) is 0 Å². The zero-order valence-corrected chi connectivity index (χ0v) is 13.3. The van der Waals surface area contributed by atoms with E-state index < -0.39 is 0 Å². The van der Waals surface area contributed by atoms with Crippen LogP contribution >= 0.6 is 0 Å². The molecule has 3 heterocycles. The van der Waals surface area contributed by atoms with Gasteiger partial charge in [0, 0.05) is 25.0 Å². The molecule has 5 nitrogen and oxygen atoms in total. The number of likely N-dealkylation sites (tertiary alicyclic amines) is 1. The fraction of sp³-hybridized carbons (Fsp3) is 0.875. The predicted octanol–water partition coefficient (Wildman–Crippen LogP) is 2.80. The molecule has 2 aliphatic heterocycles. The SMILES string of the molecule is CC(C)c1noc(C2CCN(CC3CCCOC3)CC2)n1. The minimum atomic E-state index is 0.342. The predicted molar refractivity (Wildman–Crippen MR) is 80.3 cm³/mol. The highest BCUT2D eigenvalue weighted by atomic mass is 16.5. The number of nitrogens with zero attached hydrogens (tertiary/aromatic N) is 3. The van der Waals surface area contributed by atoms with Gasteiger partial charge in [0.25, 0.3) is 0 Å². The summed E-state index contributed by atoms with van der Waals surface area (Å²) < 4.78 is 11.0. The molecule has 1 atom stereocenters. The van der Waals surface area contributed by atoms with Crippen molar-refractivity contribution < 1.29 is 9.26 Å². The van der Waals surface area contributed by atoms with E-state index in [0.717, 1.165) is 56.8 Å². The van der Waals surface area contributed by atoms with E-state index in [-0.39, 0.29) is 0 Å². The number of piperidine rings is 1. The molecular weight excluding hydrogens is 266 g/mol. The van der Waals surface area contributed by atoms with Gasteiger partial charge in [-0.15, -0.1) is 0 Å². The van der Waals surface area contributed by atoms with Crippen molar-refractivity contribution >= 4 is 0 Å². The first-order valence-corrected chi connectivity index (χ1v) is 8.36. The van der Waals surface area contributed by atoms with Crippen LogP contribution in [0, 0.1) is 5.92 Å². The third kappa shape index (κ3) is 3.83. The summed E-state index contributed by atoms with van der Waals surface area (Å²) in [6.07, 6.45) is 4.81. The molecular formula is C16H27N3O2. The van der Waals surface area contributed by atoms with Crippen molar-refractivity contribution in [1.82, 2.24) is 15.0 Å². The van der Waals surface area contributed by atoms with E-state index in [1.807, 2.05) is 0 Å². The van der Waals surface area contributed by atoms with Crippen molar-refractivity contribution in [3.05, 3.63) is 11.7 Å². The smallest absolute Gasteiger partial charge is 0.229 e. The third-order valence-corrected chi connectivity index (χ3v) is 4.68. The molecule has 3 rings (SSSR count). The second-order valence-electron chi connectivity index (χ2n) is 6.80. The van der Waals surface area contributed by atoms with Crippen LogP contribution in [0.15, 0.2) is 4.52 Å². The van der Waals surface area contributed by atoms with E-state index in [9.17, 15) is 0 Å². The molecule has 0 amide bonds. The minimum absolute atomic E-state index is 0.342. The molecule has 1 aromatic heterocycles. The topological polar surface area (TPSA) is 51.4 Å². The highest BCUT2D eigenvalue weighted by Crippen LogP contribution is 2.28. The van der Waals surface area contributed by atoms with E-state index in [0.29, 0.717) is 11.8 Å². The van der Waals surface area contributed by atoms with E-state index in [1.54, 1.807) is 0 Å². The number of ether oxygens (including phenoxy) is 1. The maximum atomic E-state index is 5.58. The van der Waals surface area contributed by atoms with Crippen LogP contribution in [0.2, 0.25) is 0 Å². The molecule has 118 valence electrons. The summed E-state index contributed by atoms with van der Waals surface area (Å²) in [6, 6.07) is 0. The van der Waals surface area contributed by atoms with Crippen molar-refractivity contribution in [3.63, 3.8) is 0 Å². The molecule has 0 N–H and O–H groups in total. The summed E-state index contributed by atoms with van der Waals surface area (Å²) in [7, 11) is 0. The quantitative estimate of drug-likeness (QED) is 0.854. The lowest BCUT2D eigenvalue weighted by atomic mass is 9.94. The van der Waals surface area contributed by atoms with Crippen molar-refractivity contribution in [2.24, 2.45) is 5.92 Å². The van der Waals surface area contributed by atoms with E-state index >= 15 is 0 Å². The van der Waals surface area contributed by atoms with E-state index in [1.165, 1.54) is 19.4 Å². The second kappa shape index (κ2) is 6.88. The van der Waals surface area contributed by atoms with Crippen LogP contribution < -0.4 is 0 Å². The average molecular weight is 293 g/mol. The highest BCUT2D eigenvalue weighted by molar-refractivity contribution is 4.99. The molecule has 0 spiro atoms. The monoisotopic (exact) mass is 293 g/mol. The summed E-state index contributed by atoms with van der Waals surface area (Å²) >= 11 is 0. The summed E-state index contributed by atoms with van der Waals surface area (Å²) in [5.41, 5.74) is 0. The normalized spacial score (nSPS) is 25.6. The Morgan fingerprint density at radius 3 is 2.67 bits per heavy atom. The van der Waals surface area contributed by atoms with Crippen molar-refractivity contribution in [1.29, 1.82) is 0 Å². The molecule has 0 bridgehead atoms.